The zero-order valence-corrected chi connectivity index (χ0v) is 17.1. The second kappa shape index (κ2) is 8.45. The molecular weight excluding hydrogens is 380 g/mol. The number of nitrogens with zero attached hydrogens (tertiary/aromatic N) is 2. The molecule has 0 radical (unpaired) electrons. The summed E-state index contributed by atoms with van der Waals surface area (Å²) in [5.41, 5.74) is 2.67. The van der Waals surface area contributed by atoms with Crippen LogP contribution in [0.4, 0.5) is 11.4 Å². The van der Waals surface area contributed by atoms with Crippen LogP contribution in [0.15, 0.2) is 71.3 Å². The van der Waals surface area contributed by atoms with Gasteiger partial charge in [0.1, 0.15) is 11.5 Å². The van der Waals surface area contributed by atoms with E-state index in [9.17, 15) is 9.59 Å². The molecule has 1 aliphatic heterocycles. The van der Waals surface area contributed by atoms with E-state index in [1.54, 1.807) is 29.2 Å². The van der Waals surface area contributed by atoms with Gasteiger partial charge < -0.3 is 19.0 Å². The molecule has 1 saturated heterocycles. The molecule has 2 heterocycles. The number of hydrogen-bond acceptors (Lipinski definition) is 4. The number of ether oxygens (including phenoxy) is 1. The monoisotopic (exact) mass is 404 g/mol. The topological polar surface area (TPSA) is 63.0 Å². The third-order valence-corrected chi connectivity index (χ3v) is 5.36. The van der Waals surface area contributed by atoms with Gasteiger partial charge >= 0.3 is 0 Å². The Morgan fingerprint density at radius 1 is 1.13 bits per heavy atom. The highest BCUT2D eigenvalue weighted by Crippen LogP contribution is 2.30. The number of carbonyl (C=O) groups is 2. The van der Waals surface area contributed by atoms with Crippen LogP contribution in [-0.2, 0) is 16.1 Å². The highest BCUT2D eigenvalue weighted by atomic mass is 16.5. The van der Waals surface area contributed by atoms with Crippen LogP contribution < -0.4 is 14.5 Å². The summed E-state index contributed by atoms with van der Waals surface area (Å²) in [7, 11) is 1.60. The van der Waals surface area contributed by atoms with Gasteiger partial charge in [-0.2, -0.15) is 0 Å². The standard InChI is InChI=1S/C24H24N2O4/c1-17-5-7-20(8-6-17)26(16-22-4-3-13-30-22)24(28)18-14-23(27)25(15-18)19-9-11-21(29-2)12-10-19/h3-13,18H,14-16H2,1-2H3. The van der Waals surface area contributed by atoms with E-state index in [0.717, 1.165) is 22.7 Å². The minimum atomic E-state index is -0.420. The minimum absolute atomic E-state index is 0.0552. The molecule has 0 bridgehead atoms. The number of methoxy groups -OCH3 is 1. The predicted octanol–water partition coefficient (Wildman–Crippen LogP) is 4.18. The van der Waals surface area contributed by atoms with Crippen molar-refractivity contribution in [2.24, 2.45) is 5.92 Å². The number of furan rings is 1. The first kappa shape index (κ1) is 19.8. The van der Waals surface area contributed by atoms with Crippen molar-refractivity contribution >= 4 is 23.2 Å². The van der Waals surface area contributed by atoms with E-state index in [4.69, 9.17) is 9.15 Å². The second-order valence-electron chi connectivity index (χ2n) is 7.44. The Bertz CT molecular complexity index is 1010. The SMILES string of the molecule is COc1ccc(N2CC(C(=O)N(Cc3ccco3)c3ccc(C)cc3)CC2=O)cc1. The Labute approximate surface area is 175 Å². The van der Waals surface area contributed by atoms with Gasteiger partial charge in [-0.1, -0.05) is 17.7 Å². The maximum absolute atomic E-state index is 13.5. The van der Waals surface area contributed by atoms with E-state index in [-0.39, 0.29) is 18.2 Å². The second-order valence-corrected chi connectivity index (χ2v) is 7.44. The summed E-state index contributed by atoms with van der Waals surface area (Å²) in [6.45, 7) is 2.68. The third-order valence-electron chi connectivity index (χ3n) is 5.36. The predicted molar refractivity (Wildman–Crippen MR) is 115 cm³/mol. The summed E-state index contributed by atoms with van der Waals surface area (Å²) >= 11 is 0. The van der Waals surface area contributed by atoms with Gasteiger partial charge in [-0.15, -0.1) is 0 Å². The first-order chi connectivity index (χ1) is 14.5. The first-order valence-corrected chi connectivity index (χ1v) is 9.90. The van der Waals surface area contributed by atoms with Crippen LogP contribution in [0.1, 0.15) is 17.7 Å². The summed E-state index contributed by atoms with van der Waals surface area (Å²) in [5, 5.41) is 0. The van der Waals surface area contributed by atoms with Crippen LogP contribution in [-0.4, -0.2) is 25.5 Å². The smallest absolute Gasteiger partial charge is 0.232 e. The summed E-state index contributed by atoms with van der Waals surface area (Å²) in [6.07, 6.45) is 1.78. The molecule has 0 N–H and O–H groups in total. The fourth-order valence-corrected chi connectivity index (χ4v) is 3.68. The van der Waals surface area contributed by atoms with Crippen molar-refractivity contribution in [2.75, 3.05) is 23.5 Å². The molecule has 6 heteroatoms. The van der Waals surface area contributed by atoms with E-state index in [1.807, 2.05) is 61.5 Å². The van der Waals surface area contributed by atoms with E-state index < -0.39 is 5.92 Å². The lowest BCUT2D eigenvalue weighted by atomic mass is 10.1. The highest BCUT2D eigenvalue weighted by Gasteiger charge is 2.37. The Morgan fingerprint density at radius 3 is 2.50 bits per heavy atom. The van der Waals surface area contributed by atoms with Crippen molar-refractivity contribution in [3.63, 3.8) is 0 Å². The van der Waals surface area contributed by atoms with Crippen LogP contribution in [0.2, 0.25) is 0 Å². The lowest BCUT2D eigenvalue weighted by molar-refractivity contribution is -0.124. The average molecular weight is 404 g/mol. The number of rotatable bonds is 6. The molecule has 0 spiro atoms. The molecule has 6 nitrogen and oxygen atoms in total. The van der Waals surface area contributed by atoms with Gasteiger partial charge in [-0.3, -0.25) is 9.59 Å². The van der Waals surface area contributed by atoms with Gasteiger partial charge in [-0.05, 0) is 55.5 Å². The lowest BCUT2D eigenvalue weighted by Gasteiger charge is -2.25. The van der Waals surface area contributed by atoms with Crippen molar-refractivity contribution in [1.29, 1.82) is 0 Å². The van der Waals surface area contributed by atoms with Gasteiger partial charge in [0, 0.05) is 24.3 Å². The van der Waals surface area contributed by atoms with Crippen LogP contribution in [0.5, 0.6) is 5.75 Å². The maximum atomic E-state index is 13.5. The molecule has 30 heavy (non-hydrogen) atoms. The van der Waals surface area contributed by atoms with Gasteiger partial charge in [0.05, 0.1) is 25.8 Å². The Balaban J connectivity index is 1.56. The normalized spacial score (nSPS) is 16.0. The quantitative estimate of drug-likeness (QED) is 0.618. The Hall–Kier alpha value is -3.54. The molecule has 154 valence electrons. The van der Waals surface area contributed by atoms with Gasteiger partial charge in [0.2, 0.25) is 11.8 Å². The molecule has 0 aliphatic carbocycles. The molecule has 1 aromatic heterocycles. The molecule has 1 atom stereocenters. The fourth-order valence-electron chi connectivity index (χ4n) is 3.68. The van der Waals surface area contributed by atoms with Crippen LogP contribution in [0.25, 0.3) is 0 Å². The van der Waals surface area contributed by atoms with Crippen LogP contribution >= 0.6 is 0 Å². The summed E-state index contributed by atoms with van der Waals surface area (Å²) in [4.78, 5) is 29.5. The average Bonchev–Trinajstić information content (AvgIpc) is 3.42. The van der Waals surface area contributed by atoms with E-state index in [2.05, 4.69) is 0 Å². The Kier molecular flexibility index (Phi) is 5.57. The number of amides is 2. The summed E-state index contributed by atoms with van der Waals surface area (Å²) < 4.78 is 10.7. The van der Waals surface area contributed by atoms with E-state index in [1.165, 1.54) is 0 Å². The molecule has 1 fully saturated rings. The van der Waals surface area contributed by atoms with Crippen LogP contribution in [0.3, 0.4) is 0 Å². The molecule has 0 saturated carbocycles. The highest BCUT2D eigenvalue weighted by molar-refractivity contribution is 6.04. The molecule has 1 unspecified atom stereocenters. The lowest BCUT2D eigenvalue weighted by Crippen LogP contribution is -2.37. The van der Waals surface area contributed by atoms with Crippen molar-refractivity contribution < 1.29 is 18.7 Å². The zero-order valence-electron chi connectivity index (χ0n) is 17.1. The molecule has 2 amide bonds. The molecular formula is C24H24N2O4. The zero-order chi connectivity index (χ0) is 21.1. The fraction of sp³-hybridized carbons (Fsp3) is 0.250. The van der Waals surface area contributed by atoms with E-state index in [0.29, 0.717) is 18.8 Å². The van der Waals surface area contributed by atoms with Crippen LogP contribution in [0, 0.1) is 12.8 Å². The van der Waals surface area contributed by atoms with Gasteiger partial charge in [0.25, 0.3) is 0 Å². The number of anilines is 2. The van der Waals surface area contributed by atoms with Crippen molar-refractivity contribution in [1.82, 2.24) is 0 Å². The number of benzene rings is 2. The molecule has 4 rings (SSSR count). The molecule has 3 aromatic rings. The first-order valence-electron chi connectivity index (χ1n) is 9.90. The minimum Gasteiger partial charge on any atom is -0.497 e. The van der Waals surface area contributed by atoms with E-state index >= 15 is 0 Å². The summed E-state index contributed by atoms with van der Waals surface area (Å²) in [6, 6.07) is 18.7. The number of carbonyl (C=O) groups excluding carboxylic acids is 2. The number of hydrogen-bond donors (Lipinski definition) is 0. The summed E-state index contributed by atoms with van der Waals surface area (Å²) in [5.74, 6) is 0.859. The van der Waals surface area contributed by atoms with Gasteiger partial charge in [0.15, 0.2) is 0 Å². The largest absolute Gasteiger partial charge is 0.497 e. The third kappa shape index (κ3) is 4.08. The molecule has 1 aliphatic rings. The maximum Gasteiger partial charge on any atom is 0.232 e. The van der Waals surface area contributed by atoms with Crippen molar-refractivity contribution in [2.45, 2.75) is 19.9 Å². The van der Waals surface area contributed by atoms with Crippen molar-refractivity contribution in [3.8, 4) is 5.75 Å². The molecule has 2 aromatic carbocycles. The van der Waals surface area contributed by atoms with Gasteiger partial charge in [-0.25, -0.2) is 0 Å². The Morgan fingerprint density at radius 2 is 1.87 bits per heavy atom. The van der Waals surface area contributed by atoms with Crippen molar-refractivity contribution in [3.05, 3.63) is 78.3 Å². The number of aryl methyl sites for hydroxylation is 1.